The fraction of sp³-hybridized carbons (Fsp3) is 0.476. The Hall–Kier alpha value is -1.37. The van der Waals surface area contributed by atoms with Gasteiger partial charge in [0.15, 0.2) is 5.96 Å². The van der Waals surface area contributed by atoms with E-state index < -0.39 is 10.0 Å². The van der Waals surface area contributed by atoms with E-state index in [0.717, 1.165) is 24.9 Å². The summed E-state index contributed by atoms with van der Waals surface area (Å²) in [5.41, 5.74) is 1.44. The molecule has 2 atom stereocenters. The number of para-hydroxylation sites is 1. The van der Waals surface area contributed by atoms with E-state index in [4.69, 9.17) is 0 Å². The van der Waals surface area contributed by atoms with Crippen molar-refractivity contribution in [2.24, 2.45) is 10.9 Å². The van der Waals surface area contributed by atoms with Gasteiger partial charge in [-0.2, -0.15) is 0 Å². The number of anilines is 1. The molecule has 3 N–H and O–H groups in total. The summed E-state index contributed by atoms with van der Waals surface area (Å²) in [6.07, 6.45) is 3.53. The highest BCUT2D eigenvalue weighted by Gasteiger charge is 2.31. The number of rotatable bonds is 7. The second-order valence-electron chi connectivity index (χ2n) is 7.68. The molecule has 1 aromatic carbocycles. The molecule has 1 aliphatic heterocycles. The number of hydrogen-bond acceptors (Lipinski definition) is 5. The van der Waals surface area contributed by atoms with Crippen molar-refractivity contribution < 1.29 is 8.42 Å². The Bertz CT molecular complexity index is 950. The Labute approximate surface area is 206 Å². The van der Waals surface area contributed by atoms with Crippen LogP contribution in [0.4, 0.5) is 5.69 Å². The first-order valence-electron chi connectivity index (χ1n) is 10.1. The molecule has 0 radical (unpaired) electrons. The van der Waals surface area contributed by atoms with E-state index in [2.05, 4.69) is 49.8 Å². The Morgan fingerprint density at radius 1 is 1.23 bits per heavy atom. The zero-order valence-corrected chi connectivity index (χ0v) is 22.1. The second-order valence-corrected chi connectivity index (χ2v) is 10.4. The summed E-state index contributed by atoms with van der Waals surface area (Å²) < 4.78 is 25.8. The topological polar surface area (TPSA) is 85.8 Å². The van der Waals surface area contributed by atoms with Gasteiger partial charge in [-0.3, -0.25) is 14.6 Å². The molecule has 2 heterocycles. The zero-order valence-electron chi connectivity index (χ0n) is 18.2. The summed E-state index contributed by atoms with van der Waals surface area (Å²) in [5.74, 6) is 1.21. The molecule has 1 saturated heterocycles. The van der Waals surface area contributed by atoms with E-state index in [1.807, 2.05) is 29.5 Å². The van der Waals surface area contributed by atoms with E-state index in [1.54, 1.807) is 13.1 Å². The average Bonchev–Trinajstić information content (AvgIpc) is 3.22. The van der Waals surface area contributed by atoms with Crippen molar-refractivity contribution in [2.45, 2.75) is 25.4 Å². The minimum absolute atomic E-state index is 0. The van der Waals surface area contributed by atoms with E-state index in [-0.39, 0.29) is 24.0 Å². The van der Waals surface area contributed by atoms with Gasteiger partial charge in [-0.15, -0.1) is 35.3 Å². The number of hydrogen-bond donors (Lipinski definition) is 3. The molecule has 0 saturated carbocycles. The van der Waals surface area contributed by atoms with E-state index in [1.165, 1.54) is 17.7 Å². The number of sulfonamides is 1. The molecule has 31 heavy (non-hydrogen) atoms. The third kappa shape index (κ3) is 7.62. The third-order valence-electron chi connectivity index (χ3n) is 5.36. The molecule has 172 valence electrons. The third-order valence-corrected chi connectivity index (χ3v) is 6.89. The number of benzene rings is 1. The van der Waals surface area contributed by atoms with Crippen molar-refractivity contribution in [1.29, 1.82) is 0 Å². The first-order valence-corrected chi connectivity index (χ1v) is 12.9. The summed E-state index contributed by atoms with van der Waals surface area (Å²) in [7, 11) is 0.625. The summed E-state index contributed by atoms with van der Waals surface area (Å²) in [6, 6.07) is 12.1. The summed E-state index contributed by atoms with van der Waals surface area (Å²) in [6.45, 7) is 2.42. The van der Waals surface area contributed by atoms with E-state index in [9.17, 15) is 8.42 Å². The molecule has 7 nitrogen and oxygen atoms in total. The van der Waals surface area contributed by atoms with Gasteiger partial charge in [0.2, 0.25) is 10.0 Å². The van der Waals surface area contributed by atoms with Gasteiger partial charge < -0.3 is 10.6 Å². The minimum Gasteiger partial charge on any atom is -0.356 e. The largest absolute Gasteiger partial charge is 0.356 e. The maximum absolute atomic E-state index is 11.6. The van der Waals surface area contributed by atoms with Crippen LogP contribution in [0.25, 0.3) is 0 Å². The molecule has 0 amide bonds. The van der Waals surface area contributed by atoms with Crippen LogP contribution in [0.5, 0.6) is 0 Å². The van der Waals surface area contributed by atoms with E-state index >= 15 is 0 Å². The SMILES string of the molecule is CN=C(NCc1ccccc1NS(C)(=O)=O)NCC1CCCN(C)C1c1cccs1.I. The van der Waals surface area contributed by atoms with Crippen LogP contribution in [0.3, 0.4) is 0 Å². The number of piperidine rings is 1. The number of likely N-dealkylation sites (tertiary alicyclic amines) is 1. The normalized spacial score (nSPS) is 20.0. The van der Waals surface area contributed by atoms with Gasteiger partial charge in [0.1, 0.15) is 0 Å². The molecule has 1 aromatic heterocycles. The van der Waals surface area contributed by atoms with E-state index in [0.29, 0.717) is 30.2 Å². The van der Waals surface area contributed by atoms with Crippen LogP contribution >= 0.6 is 35.3 Å². The van der Waals surface area contributed by atoms with Crippen LogP contribution in [0.2, 0.25) is 0 Å². The maximum atomic E-state index is 11.6. The van der Waals surface area contributed by atoms with Crippen molar-refractivity contribution in [3.63, 3.8) is 0 Å². The van der Waals surface area contributed by atoms with Gasteiger partial charge in [0, 0.05) is 31.1 Å². The Morgan fingerprint density at radius 3 is 2.68 bits per heavy atom. The minimum atomic E-state index is -3.33. The molecule has 0 bridgehead atoms. The predicted molar refractivity (Wildman–Crippen MR) is 141 cm³/mol. The lowest BCUT2D eigenvalue weighted by molar-refractivity contribution is 0.125. The molecule has 1 fully saturated rings. The summed E-state index contributed by atoms with van der Waals surface area (Å²) in [4.78, 5) is 8.20. The van der Waals surface area contributed by atoms with Gasteiger partial charge in [-0.05, 0) is 55.4 Å². The quantitative estimate of drug-likeness (QED) is 0.267. The average molecular weight is 578 g/mol. The number of guanidine groups is 1. The van der Waals surface area contributed by atoms with Crippen molar-refractivity contribution >= 4 is 57.0 Å². The highest BCUT2D eigenvalue weighted by atomic mass is 127. The molecule has 2 aromatic rings. The molecule has 1 aliphatic rings. The molecule has 3 rings (SSSR count). The van der Waals surface area contributed by atoms with Crippen molar-refractivity contribution in [3.05, 3.63) is 52.2 Å². The Balaban J connectivity index is 0.00000341. The highest BCUT2D eigenvalue weighted by Crippen LogP contribution is 2.36. The van der Waals surface area contributed by atoms with Crippen LogP contribution in [-0.4, -0.2) is 52.7 Å². The van der Waals surface area contributed by atoms with Crippen molar-refractivity contribution in [2.75, 3.05) is 38.2 Å². The number of halogens is 1. The van der Waals surface area contributed by atoms with Gasteiger partial charge in [-0.25, -0.2) is 8.42 Å². The molecular formula is C21H32IN5O2S2. The molecule has 0 aliphatic carbocycles. The highest BCUT2D eigenvalue weighted by molar-refractivity contribution is 14.0. The lowest BCUT2D eigenvalue weighted by Crippen LogP contribution is -2.44. The lowest BCUT2D eigenvalue weighted by atomic mass is 9.88. The van der Waals surface area contributed by atoms with Gasteiger partial charge in [0.25, 0.3) is 0 Å². The molecule has 0 spiro atoms. The number of thiophene rings is 1. The Kier molecular flexibility index (Phi) is 10.0. The number of nitrogens with zero attached hydrogens (tertiary/aromatic N) is 2. The summed E-state index contributed by atoms with van der Waals surface area (Å²) >= 11 is 1.82. The monoisotopic (exact) mass is 577 g/mol. The first kappa shape index (κ1) is 25.9. The Morgan fingerprint density at radius 2 is 2.00 bits per heavy atom. The number of nitrogens with one attached hydrogen (secondary N) is 3. The fourth-order valence-electron chi connectivity index (χ4n) is 3.98. The van der Waals surface area contributed by atoms with Crippen LogP contribution < -0.4 is 15.4 Å². The first-order chi connectivity index (χ1) is 14.4. The number of aliphatic imine (C=N–C) groups is 1. The van der Waals surface area contributed by atoms with Gasteiger partial charge in [-0.1, -0.05) is 24.3 Å². The van der Waals surface area contributed by atoms with Crippen LogP contribution in [-0.2, 0) is 16.6 Å². The van der Waals surface area contributed by atoms with Crippen molar-refractivity contribution in [3.8, 4) is 0 Å². The standard InChI is InChI=1S/C21H31N5O2S2.HI/c1-22-21(23-14-16-8-4-5-10-18(16)25-30(3,27)28)24-15-17-9-6-12-26(2)20(17)19-11-7-13-29-19;/h4-5,7-8,10-11,13,17,20,25H,6,9,12,14-15H2,1-3H3,(H2,22,23,24);1H. The molecular weight excluding hydrogens is 545 g/mol. The van der Waals surface area contributed by atoms with Gasteiger partial charge >= 0.3 is 0 Å². The predicted octanol–water partition coefficient (Wildman–Crippen LogP) is 3.49. The van der Waals surface area contributed by atoms with Crippen molar-refractivity contribution in [1.82, 2.24) is 15.5 Å². The van der Waals surface area contributed by atoms with Crippen LogP contribution in [0.1, 0.15) is 29.3 Å². The zero-order chi connectivity index (χ0) is 21.6. The lowest BCUT2D eigenvalue weighted by Gasteiger charge is -2.39. The fourth-order valence-corrected chi connectivity index (χ4v) is 5.57. The molecule has 2 unspecified atom stereocenters. The van der Waals surface area contributed by atoms with Crippen LogP contribution in [0.15, 0.2) is 46.8 Å². The maximum Gasteiger partial charge on any atom is 0.229 e. The van der Waals surface area contributed by atoms with Gasteiger partial charge in [0.05, 0.1) is 11.9 Å². The van der Waals surface area contributed by atoms with Crippen LogP contribution in [0, 0.1) is 5.92 Å². The second kappa shape index (κ2) is 12.0. The summed E-state index contributed by atoms with van der Waals surface area (Å²) in [5, 5.41) is 8.92. The smallest absolute Gasteiger partial charge is 0.229 e. The molecule has 10 heteroatoms.